The predicted molar refractivity (Wildman–Crippen MR) is 99.5 cm³/mol. The van der Waals surface area contributed by atoms with Crippen molar-refractivity contribution in [1.29, 1.82) is 0 Å². The molecule has 0 unspecified atom stereocenters. The summed E-state index contributed by atoms with van der Waals surface area (Å²) in [7, 11) is 0. The van der Waals surface area contributed by atoms with Gasteiger partial charge in [-0.25, -0.2) is 4.98 Å². The van der Waals surface area contributed by atoms with Gasteiger partial charge >= 0.3 is 0 Å². The van der Waals surface area contributed by atoms with Crippen molar-refractivity contribution in [3.8, 4) is 0 Å². The Balaban J connectivity index is 1.65. The van der Waals surface area contributed by atoms with Gasteiger partial charge in [0.25, 0.3) is 5.56 Å². The van der Waals surface area contributed by atoms with Crippen molar-refractivity contribution in [3.63, 3.8) is 0 Å². The minimum atomic E-state index is -0.193. The monoisotopic (exact) mass is 405 g/mol. The standard InChI is InChI=1S/C17H16BrN3O2S/c1-11-3-2-4-13-16(11)20-10-21(17(13)23)9-15(22)19-8-7-12-5-6-14(18)24-12/h2-6,10H,7-9H2,1H3,(H,19,22). The summed E-state index contributed by atoms with van der Waals surface area (Å²) in [6.45, 7) is 2.43. The van der Waals surface area contributed by atoms with E-state index in [0.717, 1.165) is 15.8 Å². The molecule has 3 rings (SSSR count). The number of fused-ring (bicyclic) bond motifs is 1. The van der Waals surface area contributed by atoms with Crippen LogP contribution in [0, 0.1) is 6.92 Å². The molecule has 0 atom stereocenters. The molecule has 24 heavy (non-hydrogen) atoms. The minimum Gasteiger partial charge on any atom is -0.354 e. The molecule has 0 fully saturated rings. The number of para-hydroxylation sites is 1. The fourth-order valence-electron chi connectivity index (χ4n) is 2.47. The molecule has 1 N–H and O–H groups in total. The Labute approximate surface area is 151 Å². The first-order valence-corrected chi connectivity index (χ1v) is 9.11. The molecule has 0 radical (unpaired) electrons. The first kappa shape index (κ1) is 16.9. The van der Waals surface area contributed by atoms with E-state index in [1.165, 1.54) is 15.8 Å². The van der Waals surface area contributed by atoms with Crippen LogP contribution in [0.5, 0.6) is 0 Å². The lowest BCUT2D eigenvalue weighted by Crippen LogP contribution is -2.33. The number of amides is 1. The van der Waals surface area contributed by atoms with E-state index < -0.39 is 0 Å². The van der Waals surface area contributed by atoms with E-state index >= 15 is 0 Å². The van der Waals surface area contributed by atoms with E-state index in [9.17, 15) is 9.59 Å². The SMILES string of the molecule is Cc1cccc2c(=O)n(CC(=O)NCCc3ccc(Br)s3)cnc12. The van der Waals surface area contributed by atoms with Gasteiger partial charge in [-0.15, -0.1) is 11.3 Å². The number of thiophene rings is 1. The summed E-state index contributed by atoms with van der Waals surface area (Å²) >= 11 is 5.06. The van der Waals surface area contributed by atoms with Gasteiger partial charge in [0.1, 0.15) is 6.54 Å². The lowest BCUT2D eigenvalue weighted by atomic mass is 10.1. The van der Waals surface area contributed by atoms with Gasteiger partial charge in [-0.05, 0) is 53.0 Å². The minimum absolute atomic E-state index is 0.0240. The van der Waals surface area contributed by atoms with E-state index in [1.54, 1.807) is 17.4 Å². The molecule has 1 amide bonds. The molecule has 0 saturated heterocycles. The van der Waals surface area contributed by atoms with Crippen LogP contribution in [0.15, 0.2) is 45.2 Å². The van der Waals surface area contributed by atoms with Crippen molar-refractivity contribution in [2.45, 2.75) is 19.9 Å². The molecule has 2 heterocycles. The highest BCUT2D eigenvalue weighted by atomic mass is 79.9. The Morgan fingerprint density at radius 2 is 2.17 bits per heavy atom. The van der Waals surface area contributed by atoms with E-state index in [-0.39, 0.29) is 18.0 Å². The van der Waals surface area contributed by atoms with Gasteiger partial charge in [0, 0.05) is 11.4 Å². The van der Waals surface area contributed by atoms with Gasteiger partial charge in [0.15, 0.2) is 0 Å². The van der Waals surface area contributed by atoms with Crippen LogP contribution < -0.4 is 10.9 Å². The number of aromatic nitrogens is 2. The fraction of sp³-hybridized carbons (Fsp3) is 0.235. The van der Waals surface area contributed by atoms with Crippen molar-refractivity contribution in [2.75, 3.05) is 6.54 Å². The number of benzene rings is 1. The maximum atomic E-state index is 12.5. The number of carbonyl (C=O) groups is 1. The van der Waals surface area contributed by atoms with Crippen LogP contribution in [0.2, 0.25) is 0 Å². The average molecular weight is 406 g/mol. The van der Waals surface area contributed by atoms with Crippen molar-refractivity contribution in [3.05, 3.63) is 61.2 Å². The van der Waals surface area contributed by atoms with Crippen LogP contribution in [-0.2, 0) is 17.8 Å². The summed E-state index contributed by atoms with van der Waals surface area (Å²) in [5.41, 5.74) is 1.44. The highest BCUT2D eigenvalue weighted by molar-refractivity contribution is 9.11. The summed E-state index contributed by atoms with van der Waals surface area (Å²) < 4.78 is 2.42. The second kappa shape index (κ2) is 7.27. The molecular weight excluding hydrogens is 390 g/mol. The molecule has 0 aliphatic rings. The molecule has 0 aliphatic heterocycles. The number of aryl methyl sites for hydroxylation is 1. The average Bonchev–Trinajstić information content (AvgIpc) is 2.96. The number of rotatable bonds is 5. The molecule has 124 valence electrons. The molecule has 0 saturated carbocycles. The summed E-state index contributed by atoms with van der Waals surface area (Å²) in [6.07, 6.45) is 2.21. The largest absolute Gasteiger partial charge is 0.354 e. The number of nitrogens with one attached hydrogen (secondary N) is 1. The van der Waals surface area contributed by atoms with Crippen molar-refractivity contribution < 1.29 is 4.79 Å². The van der Waals surface area contributed by atoms with E-state index in [0.29, 0.717) is 17.4 Å². The molecular formula is C17H16BrN3O2S. The summed E-state index contributed by atoms with van der Waals surface area (Å²) in [5, 5.41) is 3.38. The summed E-state index contributed by atoms with van der Waals surface area (Å²) in [4.78, 5) is 30.0. The van der Waals surface area contributed by atoms with Gasteiger partial charge in [0.2, 0.25) is 5.91 Å². The van der Waals surface area contributed by atoms with Crippen LogP contribution in [0.4, 0.5) is 0 Å². The normalized spacial score (nSPS) is 10.9. The van der Waals surface area contributed by atoms with E-state index in [4.69, 9.17) is 0 Å². The second-order valence-corrected chi connectivity index (χ2v) is 8.00. The summed E-state index contributed by atoms with van der Waals surface area (Å²) in [5.74, 6) is -0.193. The van der Waals surface area contributed by atoms with Crippen LogP contribution >= 0.6 is 27.3 Å². The molecule has 0 spiro atoms. The Morgan fingerprint density at radius 3 is 2.92 bits per heavy atom. The van der Waals surface area contributed by atoms with Crippen LogP contribution in [-0.4, -0.2) is 22.0 Å². The Bertz CT molecular complexity index is 948. The first-order chi connectivity index (χ1) is 11.5. The third-order valence-electron chi connectivity index (χ3n) is 3.69. The van der Waals surface area contributed by atoms with E-state index in [1.807, 2.05) is 31.2 Å². The number of carbonyl (C=O) groups excluding carboxylic acids is 1. The molecule has 0 bridgehead atoms. The van der Waals surface area contributed by atoms with Crippen molar-refractivity contribution in [1.82, 2.24) is 14.9 Å². The molecule has 2 aromatic heterocycles. The number of halogens is 1. The zero-order valence-corrected chi connectivity index (χ0v) is 15.5. The highest BCUT2D eigenvalue weighted by Gasteiger charge is 2.09. The zero-order valence-electron chi connectivity index (χ0n) is 13.1. The molecule has 5 nitrogen and oxygen atoms in total. The number of hydrogen-bond donors (Lipinski definition) is 1. The third-order valence-corrected chi connectivity index (χ3v) is 5.38. The van der Waals surface area contributed by atoms with Gasteiger partial charge in [0.05, 0.1) is 21.0 Å². The fourth-order valence-corrected chi connectivity index (χ4v) is 3.95. The topological polar surface area (TPSA) is 64.0 Å². The molecule has 7 heteroatoms. The Morgan fingerprint density at radius 1 is 1.33 bits per heavy atom. The summed E-state index contributed by atoms with van der Waals surface area (Å²) in [6, 6.07) is 9.49. The van der Waals surface area contributed by atoms with Crippen LogP contribution in [0.1, 0.15) is 10.4 Å². The lowest BCUT2D eigenvalue weighted by Gasteiger charge is -2.08. The van der Waals surface area contributed by atoms with Crippen LogP contribution in [0.3, 0.4) is 0 Å². The smallest absolute Gasteiger partial charge is 0.261 e. The third kappa shape index (κ3) is 3.73. The zero-order chi connectivity index (χ0) is 17.1. The first-order valence-electron chi connectivity index (χ1n) is 7.50. The Kier molecular flexibility index (Phi) is 5.11. The van der Waals surface area contributed by atoms with Gasteiger partial charge in [-0.1, -0.05) is 12.1 Å². The predicted octanol–water partition coefficient (Wildman–Crippen LogP) is 2.89. The van der Waals surface area contributed by atoms with Gasteiger partial charge in [-0.3, -0.25) is 14.2 Å². The number of nitrogens with zero attached hydrogens (tertiary/aromatic N) is 2. The molecule has 0 aliphatic carbocycles. The van der Waals surface area contributed by atoms with Gasteiger partial charge in [-0.2, -0.15) is 0 Å². The lowest BCUT2D eigenvalue weighted by molar-refractivity contribution is -0.121. The maximum absolute atomic E-state index is 12.5. The van der Waals surface area contributed by atoms with Crippen LogP contribution in [0.25, 0.3) is 10.9 Å². The maximum Gasteiger partial charge on any atom is 0.261 e. The number of hydrogen-bond acceptors (Lipinski definition) is 4. The van der Waals surface area contributed by atoms with Crippen molar-refractivity contribution in [2.24, 2.45) is 0 Å². The Hall–Kier alpha value is -1.99. The van der Waals surface area contributed by atoms with Gasteiger partial charge < -0.3 is 5.32 Å². The molecule has 1 aromatic carbocycles. The second-order valence-electron chi connectivity index (χ2n) is 5.45. The highest BCUT2D eigenvalue weighted by Crippen LogP contribution is 2.22. The van der Waals surface area contributed by atoms with E-state index in [2.05, 4.69) is 26.2 Å². The van der Waals surface area contributed by atoms with Crippen molar-refractivity contribution >= 4 is 44.1 Å². The molecule has 3 aromatic rings. The quantitative estimate of drug-likeness (QED) is 0.709.